The Morgan fingerprint density at radius 3 is 2.30 bits per heavy atom. The van der Waals surface area contributed by atoms with Gasteiger partial charge in [-0.25, -0.2) is 17.2 Å². The summed E-state index contributed by atoms with van der Waals surface area (Å²) >= 11 is 0. The highest BCUT2D eigenvalue weighted by Gasteiger charge is 2.49. The summed E-state index contributed by atoms with van der Waals surface area (Å²) in [6, 6.07) is 3.42. The van der Waals surface area contributed by atoms with Crippen LogP contribution in [0.15, 0.2) is 23.1 Å². The molecule has 0 saturated carbocycles. The largest absolute Gasteiger partial charge is 0.383 e. The van der Waals surface area contributed by atoms with Crippen molar-refractivity contribution in [3.05, 3.63) is 23.8 Å². The van der Waals surface area contributed by atoms with Crippen LogP contribution in [0.5, 0.6) is 0 Å². The second kappa shape index (κ2) is 5.39. The van der Waals surface area contributed by atoms with Crippen LogP contribution in [-0.4, -0.2) is 32.9 Å². The molecule has 1 rings (SSSR count). The van der Waals surface area contributed by atoms with Gasteiger partial charge in [0.25, 0.3) is 0 Å². The lowest BCUT2D eigenvalue weighted by Gasteiger charge is -2.16. The van der Waals surface area contributed by atoms with Crippen molar-refractivity contribution >= 4 is 21.4 Å². The summed E-state index contributed by atoms with van der Waals surface area (Å²) in [5.74, 6) is -7.05. The topological polar surface area (TPSA) is 63.2 Å². The molecular weight excluding hydrogens is 302 g/mol. The smallest absolute Gasteiger partial charge is 0.320 e. The standard InChI is InChI=1S/C11H11F4NO3S/c1-6-3-4-7(20(2,18)19)5-8(6)16-10(17)11(14,15)9(12)13/h3-5,9H,1-2H3,(H,16,17). The summed E-state index contributed by atoms with van der Waals surface area (Å²) in [7, 11) is -3.62. The number of rotatable bonds is 4. The van der Waals surface area contributed by atoms with Gasteiger partial charge in [-0.3, -0.25) is 4.79 Å². The Labute approximate surface area is 112 Å². The maximum Gasteiger partial charge on any atom is 0.383 e. The van der Waals surface area contributed by atoms with Crippen molar-refractivity contribution in [2.45, 2.75) is 24.2 Å². The number of anilines is 1. The lowest BCUT2D eigenvalue weighted by atomic mass is 10.2. The van der Waals surface area contributed by atoms with E-state index in [1.807, 2.05) is 0 Å². The van der Waals surface area contributed by atoms with Crippen molar-refractivity contribution in [2.75, 3.05) is 11.6 Å². The Bertz CT molecular complexity index is 629. The highest BCUT2D eigenvalue weighted by atomic mass is 32.2. The Morgan fingerprint density at radius 1 is 1.30 bits per heavy atom. The first-order valence-corrected chi connectivity index (χ1v) is 7.13. The highest BCUT2D eigenvalue weighted by Crippen LogP contribution is 2.26. The molecule has 9 heteroatoms. The number of amides is 1. The van der Waals surface area contributed by atoms with Gasteiger partial charge >= 0.3 is 18.3 Å². The molecule has 0 heterocycles. The molecule has 0 aromatic heterocycles. The van der Waals surface area contributed by atoms with Gasteiger partial charge in [0, 0.05) is 11.9 Å². The summed E-state index contributed by atoms with van der Waals surface area (Å²) in [4.78, 5) is 10.9. The van der Waals surface area contributed by atoms with Crippen LogP contribution in [0.4, 0.5) is 23.2 Å². The van der Waals surface area contributed by atoms with E-state index in [1.165, 1.54) is 19.1 Å². The first kappa shape index (κ1) is 16.4. The van der Waals surface area contributed by atoms with E-state index >= 15 is 0 Å². The molecule has 0 bridgehead atoms. The van der Waals surface area contributed by atoms with E-state index in [0.29, 0.717) is 0 Å². The molecule has 0 saturated heterocycles. The third kappa shape index (κ3) is 3.47. The van der Waals surface area contributed by atoms with E-state index in [2.05, 4.69) is 0 Å². The number of benzene rings is 1. The van der Waals surface area contributed by atoms with Crippen LogP contribution in [0.3, 0.4) is 0 Å². The lowest BCUT2D eigenvalue weighted by molar-refractivity contribution is -0.163. The van der Waals surface area contributed by atoms with Gasteiger partial charge in [-0.05, 0) is 24.6 Å². The molecule has 0 aliphatic rings. The summed E-state index contributed by atoms with van der Waals surface area (Å²) < 4.78 is 72.3. The minimum absolute atomic E-state index is 0.223. The molecule has 0 atom stereocenters. The zero-order valence-electron chi connectivity index (χ0n) is 10.5. The summed E-state index contributed by atoms with van der Waals surface area (Å²) in [5.41, 5.74) is -0.00549. The molecule has 1 amide bonds. The van der Waals surface area contributed by atoms with Crippen molar-refractivity contribution in [1.82, 2.24) is 0 Å². The van der Waals surface area contributed by atoms with Gasteiger partial charge in [-0.1, -0.05) is 6.07 Å². The van der Waals surface area contributed by atoms with Gasteiger partial charge in [-0.2, -0.15) is 8.78 Å². The molecule has 1 aromatic carbocycles. The van der Waals surface area contributed by atoms with Crippen LogP contribution in [0.25, 0.3) is 0 Å². The van der Waals surface area contributed by atoms with Gasteiger partial charge in [0.15, 0.2) is 9.84 Å². The molecule has 1 N–H and O–H groups in total. The average molecular weight is 313 g/mol. The molecule has 0 spiro atoms. The normalized spacial score (nSPS) is 12.6. The monoisotopic (exact) mass is 313 g/mol. The van der Waals surface area contributed by atoms with Crippen molar-refractivity contribution in [1.29, 1.82) is 0 Å². The summed E-state index contributed by atoms with van der Waals surface area (Å²) in [6.07, 6.45) is -3.27. The van der Waals surface area contributed by atoms with Crippen LogP contribution in [0.2, 0.25) is 0 Å². The van der Waals surface area contributed by atoms with Crippen LogP contribution < -0.4 is 5.32 Å². The zero-order valence-corrected chi connectivity index (χ0v) is 11.3. The third-order valence-electron chi connectivity index (χ3n) is 2.46. The Kier molecular flexibility index (Phi) is 4.42. The Morgan fingerprint density at radius 2 is 1.85 bits per heavy atom. The minimum atomic E-state index is -4.85. The number of aryl methyl sites for hydroxylation is 1. The van der Waals surface area contributed by atoms with E-state index in [4.69, 9.17) is 0 Å². The molecule has 0 aliphatic carbocycles. The first-order valence-electron chi connectivity index (χ1n) is 5.24. The second-order valence-corrected chi connectivity index (χ2v) is 6.14. The van der Waals surface area contributed by atoms with Gasteiger partial charge in [0.2, 0.25) is 0 Å². The molecule has 0 unspecified atom stereocenters. The fourth-order valence-corrected chi connectivity index (χ4v) is 1.92. The Hall–Kier alpha value is -1.64. The van der Waals surface area contributed by atoms with Gasteiger partial charge in [0.05, 0.1) is 4.90 Å². The van der Waals surface area contributed by atoms with Crippen molar-refractivity contribution in [3.8, 4) is 0 Å². The fraction of sp³-hybridized carbons (Fsp3) is 0.364. The number of halogens is 4. The first-order chi connectivity index (χ1) is 8.96. The quantitative estimate of drug-likeness (QED) is 0.867. The summed E-state index contributed by atoms with van der Waals surface area (Å²) in [6.45, 7) is 1.40. The van der Waals surface area contributed by atoms with Crippen LogP contribution in [-0.2, 0) is 14.6 Å². The number of hydrogen-bond acceptors (Lipinski definition) is 3. The van der Waals surface area contributed by atoms with Crippen LogP contribution in [0.1, 0.15) is 5.56 Å². The number of hydrogen-bond donors (Lipinski definition) is 1. The Balaban J connectivity index is 3.13. The van der Waals surface area contributed by atoms with Gasteiger partial charge in [0.1, 0.15) is 0 Å². The van der Waals surface area contributed by atoms with E-state index in [-0.39, 0.29) is 16.1 Å². The van der Waals surface area contributed by atoms with E-state index in [1.54, 1.807) is 5.32 Å². The zero-order chi connectivity index (χ0) is 15.7. The fourth-order valence-electron chi connectivity index (χ4n) is 1.27. The van der Waals surface area contributed by atoms with Crippen molar-refractivity contribution in [3.63, 3.8) is 0 Å². The number of alkyl halides is 4. The lowest BCUT2D eigenvalue weighted by Crippen LogP contribution is -2.41. The van der Waals surface area contributed by atoms with Crippen LogP contribution in [0, 0.1) is 6.92 Å². The molecule has 20 heavy (non-hydrogen) atoms. The van der Waals surface area contributed by atoms with Crippen molar-refractivity contribution in [2.24, 2.45) is 0 Å². The minimum Gasteiger partial charge on any atom is -0.320 e. The predicted molar refractivity (Wildman–Crippen MR) is 63.9 cm³/mol. The molecule has 0 aliphatic heterocycles. The van der Waals surface area contributed by atoms with E-state index in [9.17, 15) is 30.8 Å². The number of carbonyl (C=O) groups is 1. The molecule has 4 nitrogen and oxygen atoms in total. The molecular formula is C11H11F4NO3S. The SMILES string of the molecule is Cc1ccc(S(C)(=O)=O)cc1NC(=O)C(F)(F)C(F)F. The average Bonchev–Trinajstić information content (AvgIpc) is 2.30. The second-order valence-electron chi connectivity index (χ2n) is 4.13. The predicted octanol–water partition coefficient (Wildman–Crippen LogP) is 2.24. The van der Waals surface area contributed by atoms with Gasteiger partial charge in [-0.15, -0.1) is 0 Å². The number of sulfone groups is 1. The maximum absolute atomic E-state index is 12.8. The van der Waals surface area contributed by atoms with Crippen LogP contribution >= 0.6 is 0 Å². The molecule has 0 fully saturated rings. The molecule has 112 valence electrons. The number of nitrogens with one attached hydrogen (secondary N) is 1. The highest BCUT2D eigenvalue weighted by molar-refractivity contribution is 7.90. The molecule has 1 aromatic rings. The van der Waals surface area contributed by atoms with Gasteiger partial charge < -0.3 is 5.32 Å². The molecule has 0 radical (unpaired) electrons. The maximum atomic E-state index is 12.8. The number of carbonyl (C=O) groups excluding carboxylic acids is 1. The third-order valence-corrected chi connectivity index (χ3v) is 3.57. The van der Waals surface area contributed by atoms with Crippen molar-refractivity contribution < 1.29 is 30.8 Å². The van der Waals surface area contributed by atoms with E-state index < -0.39 is 28.1 Å². The summed E-state index contributed by atoms with van der Waals surface area (Å²) in [5, 5.41) is 1.61. The van der Waals surface area contributed by atoms with E-state index in [0.717, 1.165) is 12.3 Å².